The summed E-state index contributed by atoms with van der Waals surface area (Å²) in [5, 5.41) is 0. The Balaban J connectivity index is 2.11. The molecule has 0 atom stereocenters. The second-order valence-corrected chi connectivity index (χ2v) is 3.42. The SMILES string of the molecule is COC(=O)c1coc(Cc2ccc(F)cc2)n1. The lowest BCUT2D eigenvalue weighted by atomic mass is 10.1. The number of aromatic nitrogens is 1. The summed E-state index contributed by atoms with van der Waals surface area (Å²) < 4.78 is 22.3. The average Bonchev–Trinajstić information content (AvgIpc) is 2.80. The van der Waals surface area contributed by atoms with E-state index in [1.807, 2.05) is 0 Å². The number of benzene rings is 1. The molecule has 0 amide bonds. The summed E-state index contributed by atoms with van der Waals surface area (Å²) in [5.41, 5.74) is 0.981. The number of hydrogen-bond donors (Lipinski definition) is 0. The van der Waals surface area contributed by atoms with Crippen molar-refractivity contribution < 1.29 is 18.3 Å². The van der Waals surface area contributed by atoms with Gasteiger partial charge >= 0.3 is 5.97 Å². The highest BCUT2D eigenvalue weighted by Crippen LogP contribution is 2.11. The minimum atomic E-state index is -0.542. The first-order valence-corrected chi connectivity index (χ1v) is 4.96. The zero-order chi connectivity index (χ0) is 12.3. The maximum Gasteiger partial charge on any atom is 0.360 e. The van der Waals surface area contributed by atoms with Crippen molar-refractivity contribution in [1.82, 2.24) is 4.98 Å². The van der Waals surface area contributed by atoms with Crippen LogP contribution in [0.5, 0.6) is 0 Å². The van der Waals surface area contributed by atoms with Crippen LogP contribution in [0.4, 0.5) is 4.39 Å². The van der Waals surface area contributed by atoms with Crippen LogP contribution in [0.25, 0.3) is 0 Å². The van der Waals surface area contributed by atoms with Crippen molar-refractivity contribution in [3.05, 3.63) is 53.5 Å². The molecule has 0 unspecified atom stereocenters. The molecule has 1 aromatic heterocycles. The molecular weight excluding hydrogens is 225 g/mol. The summed E-state index contributed by atoms with van der Waals surface area (Å²) in [4.78, 5) is 15.1. The molecule has 0 saturated heterocycles. The van der Waals surface area contributed by atoms with Crippen LogP contribution in [-0.2, 0) is 11.2 Å². The molecule has 0 aliphatic heterocycles. The Labute approximate surface area is 97.0 Å². The Bertz CT molecular complexity index is 519. The van der Waals surface area contributed by atoms with Crippen molar-refractivity contribution in [3.8, 4) is 0 Å². The summed E-state index contributed by atoms with van der Waals surface area (Å²) in [5.74, 6) is -0.451. The van der Waals surface area contributed by atoms with E-state index in [4.69, 9.17) is 4.42 Å². The minimum absolute atomic E-state index is 0.129. The average molecular weight is 235 g/mol. The predicted molar refractivity (Wildman–Crippen MR) is 57.0 cm³/mol. The fourth-order valence-electron chi connectivity index (χ4n) is 1.37. The molecule has 0 fully saturated rings. The Kier molecular flexibility index (Phi) is 3.18. The largest absolute Gasteiger partial charge is 0.464 e. The molecule has 5 heteroatoms. The number of ether oxygens (including phenoxy) is 1. The molecule has 0 aliphatic carbocycles. The first-order chi connectivity index (χ1) is 8.19. The smallest absolute Gasteiger partial charge is 0.360 e. The number of rotatable bonds is 3. The van der Waals surface area contributed by atoms with E-state index >= 15 is 0 Å². The van der Waals surface area contributed by atoms with Crippen LogP contribution < -0.4 is 0 Å². The monoisotopic (exact) mass is 235 g/mol. The highest BCUT2D eigenvalue weighted by molar-refractivity contribution is 5.86. The molecule has 2 rings (SSSR count). The topological polar surface area (TPSA) is 52.3 Å². The number of carbonyl (C=O) groups is 1. The van der Waals surface area contributed by atoms with Crippen LogP contribution in [0.1, 0.15) is 21.9 Å². The van der Waals surface area contributed by atoms with E-state index in [-0.39, 0.29) is 11.5 Å². The number of carbonyl (C=O) groups excluding carboxylic acids is 1. The maximum absolute atomic E-state index is 12.7. The molecule has 88 valence electrons. The third-order valence-corrected chi connectivity index (χ3v) is 2.21. The van der Waals surface area contributed by atoms with E-state index in [0.717, 1.165) is 5.56 Å². The second kappa shape index (κ2) is 4.78. The van der Waals surface area contributed by atoms with E-state index in [1.165, 1.54) is 25.5 Å². The van der Waals surface area contributed by atoms with Crippen molar-refractivity contribution in [3.63, 3.8) is 0 Å². The Morgan fingerprint density at radius 2 is 2.12 bits per heavy atom. The van der Waals surface area contributed by atoms with E-state index in [9.17, 15) is 9.18 Å². The fraction of sp³-hybridized carbons (Fsp3) is 0.167. The zero-order valence-electron chi connectivity index (χ0n) is 9.14. The Morgan fingerprint density at radius 3 is 2.76 bits per heavy atom. The molecule has 0 radical (unpaired) electrons. The molecular formula is C12H10FNO3. The van der Waals surface area contributed by atoms with Crippen LogP contribution in [0.15, 0.2) is 34.9 Å². The molecule has 1 aromatic carbocycles. The van der Waals surface area contributed by atoms with Gasteiger partial charge in [0.05, 0.1) is 7.11 Å². The van der Waals surface area contributed by atoms with Crippen molar-refractivity contribution in [1.29, 1.82) is 0 Å². The highest BCUT2D eigenvalue weighted by atomic mass is 19.1. The zero-order valence-corrected chi connectivity index (χ0v) is 9.14. The summed E-state index contributed by atoms with van der Waals surface area (Å²) >= 11 is 0. The van der Waals surface area contributed by atoms with Gasteiger partial charge in [0.25, 0.3) is 0 Å². The number of oxazole rings is 1. The second-order valence-electron chi connectivity index (χ2n) is 3.42. The van der Waals surface area contributed by atoms with Gasteiger partial charge in [-0.1, -0.05) is 12.1 Å². The predicted octanol–water partition coefficient (Wildman–Crippen LogP) is 2.19. The summed E-state index contributed by atoms with van der Waals surface area (Å²) in [6, 6.07) is 5.99. The highest BCUT2D eigenvalue weighted by Gasteiger charge is 2.12. The third kappa shape index (κ3) is 2.69. The first kappa shape index (κ1) is 11.3. The number of esters is 1. The minimum Gasteiger partial charge on any atom is -0.464 e. The summed E-state index contributed by atoms with van der Waals surface area (Å²) in [7, 11) is 1.27. The van der Waals surface area contributed by atoms with E-state index in [2.05, 4.69) is 9.72 Å². The van der Waals surface area contributed by atoms with Crippen molar-refractivity contribution in [2.45, 2.75) is 6.42 Å². The number of hydrogen-bond acceptors (Lipinski definition) is 4. The lowest BCUT2D eigenvalue weighted by molar-refractivity contribution is 0.0594. The fourth-order valence-corrected chi connectivity index (χ4v) is 1.37. The maximum atomic E-state index is 12.7. The van der Waals surface area contributed by atoms with Gasteiger partial charge in [0.15, 0.2) is 11.6 Å². The van der Waals surface area contributed by atoms with Crippen LogP contribution in [0.2, 0.25) is 0 Å². The lowest BCUT2D eigenvalue weighted by Crippen LogP contribution is -2.01. The van der Waals surface area contributed by atoms with Crippen LogP contribution in [-0.4, -0.2) is 18.1 Å². The molecule has 1 heterocycles. The van der Waals surface area contributed by atoms with Gasteiger partial charge in [-0.3, -0.25) is 0 Å². The standard InChI is InChI=1S/C12H10FNO3/c1-16-12(15)10-7-17-11(14-10)6-8-2-4-9(13)5-3-8/h2-5,7H,6H2,1H3. The van der Waals surface area contributed by atoms with Gasteiger partial charge in [-0.15, -0.1) is 0 Å². The molecule has 0 saturated carbocycles. The molecule has 0 aliphatic rings. The molecule has 4 nitrogen and oxygen atoms in total. The van der Waals surface area contributed by atoms with E-state index < -0.39 is 5.97 Å². The molecule has 17 heavy (non-hydrogen) atoms. The summed E-state index contributed by atoms with van der Waals surface area (Å²) in [6.45, 7) is 0. The number of halogens is 1. The van der Waals surface area contributed by atoms with Gasteiger partial charge in [0.1, 0.15) is 12.1 Å². The van der Waals surface area contributed by atoms with Gasteiger partial charge in [-0.25, -0.2) is 14.2 Å². The van der Waals surface area contributed by atoms with Crippen molar-refractivity contribution >= 4 is 5.97 Å². The molecule has 2 aromatic rings. The van der Waals surface area contributed by atoms with Crippen LogP contribution in [0, 0.1) is 5.82 Å². The first-order valence-electron chi connectivity index (χ1n) is 4.96. The van der Waals surface area contributed by atoms with Gasteiger partial charge in [0.2, 0.25) is 0 Å². The molecule has 0 N–H and O–H groups in total. The third-order valence-electron chi connectivity index (χ3n) is 2.21. The molecule has 0 spiro atoms. The van der Waals surface area contributed by atoms with Crippen molar-refractivity contribution in [2.24, 2.45) is 0 Å². The van der Waals surface area contributed by atoms with Gasteiger partial charge < -0.3 is 9.15 Å². The quantitative estimate of drug-likeness (QED) is 0.765. The van der Waals surface area contributed by atoms with Crippen LogP contribution >= 0.6 is 0 Å². The van der Waals surface area contributed by atoms with Crippen molar-refractivity contribution in [2.75, 3.05) is 7.11 Å². The van der Waals surface area contributed by atoms with Crippen LogP contribution in [0.3, 0.4) is 0 Å². The van der Waals surface area contributed by atoms with E-state index in [1.54, 1.807) is 12.1 Å². The normalized spacial score (nSPS) is 10.2. The summed E-state index contributed by atoms with van der Waals surface area (Å²) in [6.07, 6.45) is 1.64. The van der Waals surface area contributed by atoms with Gasteiger partial charge in [0, 0.05) is 6.42 Å². The Morgan fingerprint density at radius 1 is 1.41 bits per heavy atom. The van der Waals surface area contributed by atoms with Gasteiger partial charge in [-0.05, 0) is 17.7 Å². The number of nitrogens with zero attached hydrogens (tertiary/aromatic N) is 1. The Hall–Kier alpha value is -2.17. The molecule has 0 bridgehead atoms. The van der Waals surface area contributed by atoms with Gasteiger partial charge in [-0.2, -0.15) is 0 Å². The lowest BCUT2D eigenvalue weighted by Gasteiger charge is -1.96. The van der Waals surface area contributed by atoms with E-state index in [0.29, 0.717) is 12.3 Å². The number of methoxy groups -OCH3 is 1.